The fourth-order valence-corrected chi connectivity index (χ4v) is 2.11. The summed E-state index contributed by atoms with van der Waals surface area (Å²) in [7, 11) is -4.42. The monoisotopic (exact) mass is 287 g/mol. The number of sulfonamides is 1. The summed E-state index contributed by atoms with van der Waals surface area (Å²) >= 11 is 5.34. The molecule has 0 fully saturated rings. The summed E-state index contributed by atoms with van der Waals surface area (Å²) < 4.78 is 46.7. The molecule has 7 nitrogen and oxygen atoms in total. The first-order valence-corrected chi connectivity index (χ1v) is 5.72. The largest absolute Gasteiger partial charge is 0.301 e. The van der Waals surface area contributed by atoms with Gasteiger partial charge in [-0.05, 0) is 0 Å². The van der Waals surface area contributed by atoms with Crippen LogP contribution in [-0.4, -0.2) is 18.3 Å². The average molecular weight is 288 g/mol. The molecule has 0 aliphatic rings. The number of aromatic nitrogens is 1. The molecule has 0 aliphatic carbocycles. The molecule has 1 aromatic rings. The highest BCUT2D eigenvalue weighted by Crippen LogP contribution is 2.36. The Bertz CT molecular complexity index is 577. The van der Waals surface area contributed by atoms with Crippen molar-refractivity contribution in [1.82, 2.24) is 4.98 Å². The number of halogens is 3. The smallest absolute Gasteiger partial charge is 0.258 e. The molecule has 0 bridgehead atoms. The lowest BCUT2D eigenvalue weighted by atomic mass is 10.2. The number of primary sulfonamides is 1. The predicted molar refractivity (Wildman–Crippen MR) is 52.2 cm³/mol. The molecule has 1 rings (SSSR count). The quantitative estimate of drug-likeness (QED) is 0.663. The first-order chi connectivity index (χ1) is 7.66. The minimum atomic E-state index is -4.42. The van der Waals surface area contributed by atoms with E-state index in [1.165, 1.54) is 0 Å². The van der Waals surface area contributed by atoms with Crippen LogP contribution < -0.4 is 5.14 Å². The molecular formula is C6H4ClF2N3O4S. The maximum Gasteiger partial charge on any atom is 0.301 e. The van der Waals surface area contributed by atoms with E-state index in [-0.39, 0.29) is 0 Å². The van der Waals surface area contributed by atoms with Crippen molar-refractivity contribution in [3.05, 3.63) is 26.9 Å². The van der Waals surface area contributed by atoms with E-state index in [0.29, 0.717) is 6.20 Å². The summed E-state index contributed by atoms with van der Waals surface area (Å²) in [6.07, 6.45) is -2.86. The van der Waals surface area contributed by atoms with Crippen molar-refractivity contribution in [1.29, 1.82) is 0 Å². The zero-order valence-electron chi connectivity index (χ0n) is 7.80. The van der Waals surface area contributed by atoms with Gasteiger partial charge in [-0.25, -0.2) is 27.3 Å². The van der Waals surface area contributed by atoms with Crippen LogP contribution in [0.4, 0.5) is 14.5 Å². The molecule has 0 aromatic carbocycles. The van der Waals surface area contributed by atoms with Gasteiger partial charge in [0.05, 0.1) is 4.92 Å². The minimum absolute atomic E-state index is 0.356. The van der Waals surface area contributed by atoms with Gasteiger partial charge in [0.1, 0.15) is 5.56 Å². The first-order valence-electron chi connectivity index (χ1n) is 3.80. The number of alkyl halides is 2. The number of hydrogen-bond acceptors (Lipinski definition) is 5. The lowest BCUT2D eigenvalue weighted by Gasteiger charge is -2.05. The summed E-state index contributed by atoms with van der Waals surface area (Å²) in [6, 6.07) is 0. The third-order valence-corrected chi connectivity index (χ3v) is 3.00. The minimum Gasteiger partial charge on any atom is -0.258 e. The Balaban J connectivity index is 3.67. The van der Waals surface area contributed by atoms with Crippen molar-refractivity contribution in [2.45, 2.75) is 11.5 Å². The maximum absolute atomic E-state index is 12.4. The molecule has 0 radical (unpaired) electrons. The van der Waals surface area contributed by atoms with Crippen LogP contribution in [0.1, 0.15) is 12.0 Å². The number of hydrogen-bond donors (Lipinski definition) is 1. The van der Waals surface area contributed by atoms with Gasteiger partial charge in [0.25, 0.3) is 16.4 Å². The highest BCUT2D eigenvalue weighted by atomic mass is 35.5. The van der Waals surface area contributed by atoms with E-state index in [2.05, 4.69) is 10.1 Å². The number of nitrogens with two attached hydrogens (primary N) is 1. The number of pyridine rings is 1. The Morgan fingerprint density at radius 1 is 1.53 bits per heavy atom. The molecular weight excluding hydrogens is 284 g/mol. The highest BCUT2D eigenvalue weighted by Gasteiger charge is 2.31. The molecule has 0 unspecified atom stereocenters. The molecule has 1 heterocycles. The van der Waals surface area contributed by atoms with Gasteiger partial charge in [0.15, 0.2) is 10.0 Å². The van der Waals surface area contributed by atoms with Crippen molar-refractivity contribution < 1.29 is 22.1 Å². The molecule has 0 spiro atoms. The molecule has 0 saturated heterocycles. The van der Waals surface area contributed by atoms with Crippen LogP contribution in [0.25, 0.3) is 0 Å². The van der Waals surface area contributed by atoms with Gasteiger partial charge in [0.2, 0.25) is 0 Å². The Hall–Kier alpha value is -1.39. The van der Waals surface area contributed by atoms with Crippen LogP contribution in [0.3, 0.4) is 0 Å². The normalized spacial score (nSPS) is 11.8. The van der Waals surface area contributed by atoms with E-state index in [9.17, 15) is 27.3 Å². The van der Waals surface area contributed by atoms with Crippen LogP contribution in [-0.2, 0) is 10.0 Å². The molecule has 17 heavy (non-hydrogen) atoms. The van der Waals surface area contributed by atoms with Crippen molar-refractivity contribution in [3.63, 3.8) is 0 Å². The van der Waals surface area contributed by atoms with Gasteiger partial charge in [-0.3, -0.25) is 10.1 Å². The van der Waals surface area contributed by atoms with Crippen LogP contribution >= 0.6 is 11.6 Å². The van der Waals surface area contributed by atoms with Gasteiger partial charge in [0, 0.05) is 6.20 Å². The van der Waals surface area contributed by atoms with Crippen LogP contribution in [0, 0.1) is 10.1 Å². The zero-order valence-corrected chi connectivity index (χ0v) is 9.37. The van der Waals surface area contributed by atoms with Crippen LogP contribution in [0.2, 0.25) is 5.02 Å². The fraction of sp³-hybridized carbons (Fsp3) is 0.167. The van der Waals surface area contributed by atoms with E-state index in [1.54, 1.807) is 0 Å². The summed E-state index contributed by atoms with van der Waals surface area (Å²) in [5.74, 6) is 0. The SMILES string of the molecule is NS(=O)(=O)c1ncc(C(F)F)c([N+](=O)[O-])c1Cl. The number of nitro groups is 1. The van der Waals surface area contributed by atoms with Gasteiger partial charge >= 0.3 is 5.69 Å². The molecule has 11 heteroatoms. The highest BCUT2D eigenvalue weighted by molar-refractivity contribution is 7.89. The second kappa shape index (κ2) is 4.47. The number of rotatable bonds is 3. The van der Waals surface area contributed by atoms with Crippen molar-refractivity contribution in [2.24, 2.45) is 5.14 Å². The average Bonchev–Trinajstić information content (AvgIpc) is 2.13. The standard InChI is InChI=1S/C6H4ClF2N3O4S/c7-3-4(12(13)14)2(5(8)9)1-11-6(3)17(10,15)16/h1,5H,(H2,10,15,16). The summed E-state index contributed by atoms with van der Waals surface area (Å²) in [6.45, 7) is 0. The van der Waals surface area contributed by atoms with Gasteiger partial charge in [-0.15, -0.1) is 0 Å². The van der Waals surface area contributed by atoms with E-state index in [1.807, 2.05) is 0 Å². The Morgan fingerprint density at radius 3 is 2.41 bits per heavy atom. The van der Waals surface area contributed by atoms with E-state index >= 15 is 0 Å². The molecule has 0 aliphatic heterocycles. The Morgan fingerprint density at radius 2 is 2.06 bits per heavy atom. The van der Waals surface area contributed by atoms with E-state index in [4.69, 9.17) is 11.6 Å². The second-order valence-corrected chi connectivity index (χ2v) is 4.64. The summed E-state index contributed by atoms with van der Waals surface area (Å²) in [4.78, 5) is 12.4. The maximum atomic E-state index is 12.4. The fourth-order valence-electron chi connectivity index (χ4n) is 1.02. The van der Waals surface area contributed by atoms with Crippen LogP contribution in [0.5, 0.6) is 0 Å². The zero-order chi connectivity index (χ0) is 13.4. The molecule has 0 amide bonds. The third-order valence-electron chi connectivity index (χ3n) is 1.68. The van der Waals surface area contributed by atoms with Gasteiger partial charge in [-0.2, -0.15) is 0 Å². The van der Waals surface area contributed by atoms with E-state index in [0.717, 1.165) is 0 Å². The molecule has 1 aromatic heterocycles. The topological polar surface area (TPSA) is 116 Å². The number of nitrogens with zero attached hydrogens (tertiary/aromatic N) is 2. The third kappa shape index (κ3) is 2.65. The summed E-state index contributed by atoms with van der Waals surface area (Å²) in [5.41, 5.74) is -2.30. The molecule has 2 N–H and O–H groups in total. The second-order valence-electron chi connectivity index (χ2n) is 2.78. The van der Waals surface area contributed by atoms with Crippen LogP contribution in [0.15, 0.2) is 11.2 Å². The lowest BCUT2D eigenvalue weighted by Crippen LogP contribution is -2.16. The van der Waals surface area contributed by atoms with E-state index < -0.39 is 42.7 Å². The Labute approximate surface area is 98.4 Å². The first kappa shape index (κ1) is 13.7. The molecule has 94 valence electrons. The van der Waals surface area contributed by atoms with Crippen molar-refractivity contribution in [2.75, 3.05) is 0 Å². The Kier molecular flexibility index (Phi) is 3.59. The lowest BCUT2D eigenvalue weighted by molar-refractivity contribution is -0.386. The van der Waals surface area contributed by atoms with Crippen molar-refractivity contribution in [3.8, 4) is 0 Å². The van der Waals surface area contributed by atoms with Crippen molar-refractivity contribution >= 4 is 27.3 Å². The van der Waals surface area contributed by atoms with Gasteiger partial charge in [-0.1, -0.05) is 11.6 Å². The summed E-state index contributed by atoms with van der Waals surface area (Å²) in [5, 5.41) is 13.2. The van der Waals surface area contributed by atoms with Gasteiger partial charge < -0.3 is 0 Å². The molecule has 0 saturated carbocycles. The predicted octanol–water partition coefficient (Wildman–Crippen LogP) is 1.23. The molecule has 0 atom stereocenters.